The highest BCUT2D eigenvalue weighted by Gasteiger charge is 2.15. The molecule has 18 heavy (non-hydrogen) atoms. The number of aryl methyl sites for hydroxylation is 1. The number of hydrogen-bond acceptors (Lipinski definition) is 3. The molecule has 0 aliphatic heterocycles. The molecule has 0 unspecified atom stereocenters. The molecular weight excluding hydrogens is 266 g/mol. The molecule has 1 aromatic rings. The number of ether oxygens (including phenoxy) is 1. The summed E-state index contributed by atoms with van der Waals surface area (Å²) in [7, 11) is 1.71. The number of thiazole rings is 1. The molecule has 0 spiro atoms. The lowest BCUT2D eigenvalue weighted by Gasteiger charge is -2.20. The quantitative estimate of drug-likeness (QED) is 0.717. The minimum Gasteiger partial charge on any atom is -0.378 e. The Labute approximate surface area is 119 Å². The van der Waals surface area contributed by atoms with Crippen LogP contribution in [0, 0.1) is 5.92 Å². The van der Waals surface area contributed by atoms with E-state index >= 15 is 0 Å². The summed E-state index contributed by atoms with van der Waals surface area (Å²) in [6.45, 7) is 0.585. The van der Waals surface area contributed by atoms with Gasteiger partial charge in [0.2, 0.25) is 0 Å². The number of halogens is 1. The Hall–Kier alpha value is -0.120. The Morgan fingerprint density at radius 1 is 1.33 bits per heavy atom. The van der Waals surface area contributed by atoms with E-state index in [-0.39, 0.29) is 0 Å². The van der Waals surface area contributed by atoms with E-state index in [4.69, 9.17) is 16.3 Å². The number of methoxy groups -OCH3 is 1. The number of nitrogens with zero attached hydrogens (tertiary/aromatic N) is 1. The van der Waals surface area contributed by atoms with Gasteiger partial charge in [0, 0.05) is 12.0 Å². The van der Waals surface area contributed by atoms with Crippen LogP contribution < -0.4 is 0 Å². The molecule has 1 aliphatic carbocycles. The number of aromatic nitrogens is 1. The average molecular weight is 288 g/mol. The van der Waals surface area contributed by atoms with E-state index < -0.39 is 0 Å². The van der Waals surface area contributed by atoms with Crippen molar-refractivity contribution in [3.8, 4) is 0 Å². The van der Waals surface area contributed by atoms with Gasteiger partial charge in [0.15, 0.2) is 0 Å². The van der Waals surface area contributed by atoms with Gasteiger partial charge in [0.05, 0.1) is 23.2 Å². The Bertz CT molecular complexity index is 361. The lowest BCUT2D eigenvalue weighted by Crippen LogP contribution is -2.07. The zero-order chi connectivity index (χ0) is 12.8. The van der Waals surface area contributed by atoms with Crippen molar-refractivity contribution in [2.45, 2.75) is 57.4 Å². The van der Waals surface area contributed by atoms with Crippen LogP contribution in [0.4, 0.5) is 0 Å². The summed E-state index contributed by atoms with van der Waals surface area (Å²) in [5, 5.41) is 1.24. The maximum absolute atomic E-state index is 5.94. The molecule has 1 heterocycles. The van der Waals surface area contributed by atoms with Gasteiger partial charge in [-0.2, -0.15) is 0 Å². The third kappa shape index (κ3) is 3.94. The van der Waals surface area contributed by atoms with Crippen molar-refractivity contribution < 1.29 is 4.74 Å². The molecule has 1 fully saturated rings. The van der Waals surface area contributed by atoms with Crippen molar-refractivity contribution in [3.05, 3.63) is 15.6 Å². The van der Waals surface area contributed by atoms with Gasteiger partial charge < -0.3 is 4.74 Å². The molecule has 0 amide bonds. The summed E-state index contributed by atoms with van der Waals surface area (Å²) in [5.74, 6) is 1.48. The van der Waals surface area contributed by atoms with E-state index in [1.165, 1.54) is 48.4 Å². The molecule has 102 valence electrons. The van der Waals surface area contributed by atoms with Gasteiger partial charge in [-0.05, 0) is 18.8 Å². The first-order chi connectivity index (χ1) is 8.83. The van der Waals surface area contributed by atoms with Crippen LogP contribution in [0.15, 0.2) is 0 Å². The molecule has 0 radical (unpaired) electrons. The summed E-state index contributed by atoms with van der Waals surface area (Å²) in [6, 6.07) is 0. The number of rotatable bonds is 6. The highest BCUT2D eigenvalue weighted by molar-refractivity contribution is 7.11. The second kappa shape index (κ2) is 7.46. The summed E-state index contributed by atoms with van der Waals surface area (Å²) in [6.07, 6.45) is 9.51. The van der Waals surface area contributed by atoms with E-state index in [9.17, 15) is 0 Å². The zero-order valence-electron chi connectivity index (χ0n) is 11.1. The van der Waals surface area contributed by atoms with Crippen molar-refractivity contribution in [2.24, 2.45) is 5.92 Å². The van der Waals surface area contributed by atoms with Crippen LogP contribution in [0.3, 0.4) is 0 Å². The van der Waals surface area contributed by atoms with E-state index in [0.717, 1.165) is 18.0 Å². The molecule has 0 atom stereocenters. The molecular formula is C14H22ClNOS. The predicted molar refractivity (Wildman–Crippen MR) is 77.3 cm³/mol. The average Bonchev–Trinajstić information content (AvgIpc) is 2.80. The van der Waals surface area contributed by atoms with E-state index in [1.807, 2.05) is 0 Å². The van der Waals surface area contributed by atoms with E-state index in [2.05, 4.69) is 4.98 Å². The van der Waals surface area contributed by atoms with Crippen molar-refractivity contribution in [2.75, 3.05) is 7.11 Å². The smallest absolute Gasteiger partial charge is 0.0932 e. The molecule has 0 saturated heterocycles. The van der Waals surface area contributed by atoms with Gasteiger partial charge in [-0.25, -0.2) is 4.98 Å². The Morgan fingerprint density at radius 3 is 2.78 bits per heavy atom. The molecule has 2 nitrogen and oxygen atoms in total. The molecule has 1 aliphatic rings. The first kappa shape index (κ1) is 14.3. The van der Waals surface area contributed by atoms with Crippen LogP contribution in [0.2, 0.25) is 0 Å². The predicted octanol–water partition coefficient (Wildman–Crippen LogP) is 4.54. The zero-order valence-corrected chi connectivity index (χ0v) is 12.7. The van der Waals surface area contributed by atoms with Crippen molar-refractivity contribution in [1.82, 2.24) is 4.98 Å². The fourth-order valence-electron chi connectivity index (χ4n) is 2.70. The molecule has 4 heteroatoms. The largest absolute Gasteiger partial charge is 0.378 e. The molecule has 0 aromatic carbocycles. The maximum Gasteiger partial charge on any atom is 0.0932 e. The van der Waals surface area contributed by atoms with Gasteiger partial charge in [-0.3, -0.25) is 0 Å². The van der Waals surface area contributed by atoms with Gasteiger partial charge in [0.1, 0.15) is 0 Å². The fraction of sp³-hybridized carbons (Fsp3) is 0.786. The first-order valence-corrected chi connectivity index (χ1v) is 8.21. The lowest BCUT2D eigenvalue weighted by molar-refractivity contribution is 0.181. The molecule has 1 aromatic heterocycles. The molecule has 0 N–H and O–H groups in total. The standard InChI is InChI=1S/C14H22ClNOS/c1-17-10-12-13(9-15)18-14(16-12)8-7-11-5-3-2-4-6-11/h11H,2-10H2,1H3. The first-order valence-electron chi connectivity index (χ1n) is 6.86. The Kier molecular flexibility index (Phi) is 5.93. The minimum atomic E-state index is 0.555. The second-order valence-corrected chi connectivity index (χ2v) is 6.52. The topological polar surface area (TPSA) is 22.1 Å². The lowest BCUT2D eigenvalue weighted by atomic mass is 9.86. The third-order valence-corrected chi connectivity index (χ3v) is 5.30. The van der Waals surface area contributed by atoms with Crippen LogP contribution in [-0.4, -0.2) is 12.1 Å². The number of alkyl halides is 1. The van der Waals surface area contributed by atoms with Crippen LogP contribution >= 0.6 is 22.9 Å². The summed E-state index contributed by atoms with van der Waals surface area (Å²) < 4.78 is 5.16. The highest BCUT2D eigenvalue weighted by Crippen LogP contribution is 2.29. The van der Waals surface area contributed by atoms with Crippen LogP contribution in [-0.2, 0) is 23.6 Å². The van der Waals surface area contributed by atoms with Gasteiger partial charge in [-0.1, -0.05) is 32.1 Å². The van der Waals surface area contributed by atoms with Gasteiger partial charge >= 0.3 is 0 Å². The minimum absolute atomic E-state index is 0.555. The van der Waals surface area contributed by atoms with E-state index in [1.54, 1.807) is 18.4 Å². The molecule has 0 bridgehead atoms. The fourth-order valence-corrected chi connectivity index (χ4v) is 3.96. The van der Waals surface area contributed by atoms with Crippen LogP contribution in [0.5, 0.6) is 0 Å². The van der Waals surface area contributed by atoms with Gasteiger partial charge in [-0.15, -0.1) is 22.9 Å². The van der Waals surface area contributed by atoms with Crippen molar-refractivity contribution in [1.29, 1.82) is 0 Å². The normalized spacial score (nSPS) is 17.2. The summed E-state index contributed by atoms with van der Waals surface area (Å²) in [5.41, 5.74) is 1.04. The molecule has 2 rings (SSSR count). The highest BCUT2D eigenvalue weighted by atomic mass is 35.5. The van der Waals surface area contributed by atoms with Crippen LogP contribution in [0.1, 0.15) is 54.1 Å². The van der Waals surface area contributed by atoms with E-state index in [0.29, 0.717) is 12.5 Å². The van der Waals surface area contributed by atoms with Crippen molar-refractivity contribution in [3.63, 3.8) is 0 Å². The van der Waals surface area contributed by atoms with Crippen molar-refractivity contribution >= 4 is 22.9 Å². The number of hydrogen-bond donors (Lipinski definition) is 0. The maximum atomic E-state index is 5.94. The second-order valence-electron chi connectivity index (χ2n) is 5.09. The summed E-state index contributed by atoms with van der Waals surface area (Å²) >= 11 is 7.71. The van der Waals surface area contributed by atoms with Gasteiger partial charge in [0.25, 0.3) is 0 Å². The third-order valence-electron chi connectivity index (χ3n) is 3.72. The SMILES string of the molecule is COCc1nc(CCC2CCCCC2)sc1CCl. The molecule has 1 saturated carbocycles. The monoisotopic (exact) mass is 287 g/mol. The Balaban J connectivity index is 1.88. The Morgan fingerprint density at radius 2 is 2.11 bits per heavy atom. The van der Waals surface area contributed by atoms with Crippen LogP contribution in [0.25, 0.3) is 0 Å². The summed E-state index contributed by atoms with van der Waals surface area (Å²) in [4.78, 5) is 5.84.